The van der Waals surface area contributed by atoms with E-state index in [1.807, 2.05) is 133 Å². The number of benzene rings is 17. The van der Waals surface area contributed by atoms with E-state index < -0.39 is 0 Å². The van der Waals surface area contributed by atoms with Crippen LogP contribution < -0.4 is 0 Å². The van der Waals surface area contributed by atoms with E-state index in [9.17, 15) is 10.5 Å². The molecule has 0 fully saturated rings. The van der Waals surface area contributed by atoms with E-state index in [2.05, 4.69) is 323 Å². The fraction of sp³-hybridized carbons (Fsp3) is 0.00901. The summed E-state index contributed by atoms with van der Waals surface area (Å²) in [5.41, 5.74) is 30.9. The van der Waals surface area contributed by atoms with E-state index in [-0.39, 0.29) is 0 Å². The molecule has 0 unspecified atom stereocenters. The van der Waals surface area contributed by atoms with Crippen LogP contribution in [0, 0.1) is 29.6 Å². The van der Waals surface area contributed by atoms with Gasteiger partial charge in [0.25, 0.3) is 0 Å². The first-order valence-corrected chi connectivity index (χ1v) is 43.4. The largest absolute Gasteiger partial charge is 0.456 e. The molecule has 29 rings (SSSR count). The molecule has 0 saturated heterocycles. The van der Waals surface area contributed by atoms with Gasteiger partial charge >= 0.3 is 0 Å². The van der Waals surface area contributed by atoms with E-state index >= 15 is 0 Å². The molecule has 17 aromatic carbocycles. The molecule has 131 heavy (non-hydrogen) atoms. The first-order valence-electron chi connectivity index (χ1n) is 43.4. The normalized spacial score (nSPS) is 12.0. The Balaban J connectivity index is 0.000000101. The van der Waals surface area contributed by atoms with Gasteiger partial charge in [-0.25, -0.2) is 43.6 Å². The number of aromatic nitrogens is 17. The Morgan fingerprint density at radius 2 is 0.473 bits per heavy atom. The van der Waals surface area contributed by atoms with Gasteiger partial charge in [0, 0.05) is 43.7 Å². The summed E-state index contributed by atoms with van der Waals surface area (Å²) in [6, 6.07) is 138. The first kappa shape index (κ1) is 72.8. The lowest BCUT2D eigenvalue weighted by Crippen LogP contribution is -2.02. The van der Waals surface area contributed by atoms with Crippen molar-refractivity contribution in [2.75, 3.05) is 0 Å². The SMILES string of the molecule is Cc1ccc2oc3ccc(-n4c5nc6ccccc6n5c5ccccc5n5c6ccccc6nc45)cc3c2c1.N#Cc1ccc(-n2c3nc4ccccc4n3c3ccc(-n4c5ccccc5c5ccccc54)cc3n3c4ccccc4nc23)cc1.N#Cc1cccc(-n2c3nc4ccccc4n3c3ccc(-n4c5ccccc5c5ccccc54)cc3n3c4ccccc4nc23)c1. The fourth-order valence-electron chi connectivity index (χ4n) is 20.1. The lowest BCUT2D eigenvalue weighted by Gasteiger charge is -2.10. The molecular formula is C111H67N19O. The standard InChI is InChI=1S/2C39H23N7.C33H21N5O/c40-24-25-10-9-11-26(22-25)44-38-41-30-14-3-7-18-34(30)45(38)36-21-20-27(23-37(36)46-35-19-8-4-15-31(35)42-39(44)46)43-32-16-5-1-12-28(32)29-13-2-6-17-33(29)43;40-24-25-17-19-26(20-18-25)44-38-41-30-11-3-7-15-34(30)45(38)36-22-21-27(23-37(36)46-35-16-8-4-12-31(35)42-39(44)46)43-32-13-5-1-9-28(32)29-10-2-6-14-33(29)43;1-20-14-16-30-22(18-20)23-19-21(15-17-31(23)39-30)36-32-34-24-8-2-4-10-26(24)37(32)28-12-6-7-13-29(28)38-27-11-5-3-9-25(27)35-33(36)38/h2*1-23H;2-19H,1H3. The number of nitrogens with zero attached hydrogens (tertiary/aromatic N) is 19. The maximum absolute atomic E-state index is 9.84. The Morgan fingerprint density at radius 1 is 0.198 bits per heavy atom. The predicted octanol–water partition coefficient (Wildman–Crippen LogP) is 25.5. The van der Waals surface area contributed by atoms with Crippen molar-refractivity contribution in [3.05, 3.63) is 405 Å². The zero-order valence-corrected chi connectivity index (χ0v) is 69.9. The zero-order valence-electron chi connectivity index (χ0n) is 69.9. The van der Waals surface area contributed by atoms with Gasteiger partial charge in [-0.1, -0.05) is 175 Å². The van der Waals surface area contributed by atoms with Gasteiger partial charge in [0.2, 0.25) is 34.7 Å². The third-order valence-electron chi connectivity index (χ3n) is 25.7. The van der Waals surface area contributed by atoms with Crippen LogP contribution in [0.1, 0.15) is 16.7 Å². The highest BCUT2D eigenvalue weighted by Gasteiger charge is 2.26. The summed E-state index contributed by atoms with van der Waals surface area (Å²) in [6.07, 6.45) is 0. The number of furan rings is 1. The van der Waals surface area contributed by atoms with Crippen molar-refractivity contribution in [1.82, 2.24) is 79.1 Å². The number of imidazole rings is 6. The summed E-state index contributed by atoms with van der Waals surface area (Å²) in [6.45, 7) is 2.11. The summed E-state index contributed by atoms with van der Waals surface area (Å²) in [5, 5.41) is 26.4. The topological polar surface area (TPSA) is 189 Å². The van der Waals surface area contributed by atoms with Crippen LogP contribution in [0.3, 0.4) is 0 Å². The van der Waals surface area contributed by atoms with Gasteiger partial charge in [0.15, 0.2) is 0 Å². The third-order valence-corrected chi connectivity index (χ3v) is 25.7. The zero-order chi connectivity index (χ0) is 86.4. The average Bonchev–Trinajstić information content (AvgIpc) is 1.55. The molecule has 0 bridgehead atoms. The molecule has 0 radical (unpaired) electrons. The van der Waals surface area contributed by atoms with Crippen molar-refractivity contribution >= 4 is 200 Å². The number of hydrogen-bond donors (Lipinski definition) is 0. The molecule has 0 N–H and O–H groups in total. The van der Waals surface area contributed by atoms with Crippen LogP contribution in [0.2, 0.25) is 0 Å². The van der Waals surface area contributed by atoms with Gasteiger partial charge in [-0.15, -0.1) is 0 Å². The molecule has 612 valence electrons. The molecule has 20 heteroatoms. The summed E-state index contributed by atoms with van der Waals surface area (Å²) in [5.74, 6) is 4.44. The Hall–Kier alpha value is -18.7. The summed E-state index contributed by atoms with van der Waals surface area (Å²) in [4.78, 5) is 31.3. The molecule has 0 amide bonds. The molecule has 0 aliphatic carbocycles. The van der Waals surface area contributed by atoms with Crippen molar-refractivity contribution in [3.63, 3.8) is 0 Å². The van der Waals surface area contributed by atoms with Crippen LogP contribution in [-0.2, 0) is 0 Å². The van der Waals surface area contributed by atoms with Gasteiger partial charge in [-0.2, -0.15) is 10.5 Å². The predicted molar refractivity (Wildman–Crippen MR) is 524 cm³/mol. The molecule has 0 aliphatic rings. The van der Waals surface area contributed by atoms with Crippen molar-refractivity contribution in [3.8, 4) is 40.6 Å². The maximum Gasteiger partial charge on any atom is 0.223 e. The highest BCUT2D eigenvalue weighted by atomic mass is 16.3. The van der Waals surface area contributed by atoms with Gasteiger partial charge in [0.1, 0.15) is 11.2 Å². The monoisotopic (exact) mass is 1680 g/mol. The third kappa shape index (κ3) is 10.8. The fourth-order valence-corrected chi connectivity index (χ4v) is 20.1. The lowest BCUT2D eigenvalue weighted by atomic mass is 10.1. The lowest BCUT2D eigenvalue weighted by molar-refractivity contribution is 0.668. The molecule has 12 aromatic heterocycles. The van der Waals surface area contributed by atoms with Crippen molar-refractivity contribution < 1.29 is 4.42 Å². The minimum atomic E-state index is 0.568. The van der Waals surface area contributed by atoms with E-state index in [0.29, 0.717) is 22.7 Å². The number of nitriles is 2. The maximum atomic E-state index is 9.84. The minimum Gasteiger partial charge on any atom is -0.456 e. The second-order valence-electron chi connectivity index (χ2n) is 33.1. The average molecular weight is 1680 g/mol. The van der Waals surface area contributed by atoms with Crippen molar-refractivity contribution in [2.24, 2.45) is 0 Å². The van der Waals surface area contributed by atoms with Crippen molar-refractivity contribution in [2.45, 2.75) is 6.92 Å². The van der Waals surface area contributed by atoms with Crippen molar-refractivity contribution in [1.29, 1.82) is 10.5 Å². The molecule has 12 heterocycles. The molecule has 20 nitrogen and oxygen atoms in total. The molecule has 0 aliphatic heterocycles. The van der Waals surface area contributed by atoms with Crippen LogP contribution >= 0.6 is 0 Å². The Morgan fingerprint density at radius 3 is 0.840 bits per heavy atom. The number of fused-ring (bicyclic) bond motifs is 36. The molecular weight excluding hydrogens is 1620 g/mol. The smallest absolute Gasteiger partial charge is 0.223 e. The second kappa shape index (κ2) is 28.2. The Kier molecular flexibility index (Phi) is 15.7. The highest BCUT2D eigenvalue weighted by Crippen LogP contribution is 2.41. The number of para-hydroxylation sites is 18. The summed E-state index contributed by atoms with van der Waals surface area (Å²) in [7, 11) is 0. The van der Waals surface area contributed by atoms with Crippen LogP contribution in [0.15, 0.2) is 393 Å². The second-order valence-corrected chi connectivity index (χ2v) is 33.1. The number of rotatable bonds is 5. The van der Waals surface area contributed by atoms with Crippen LogP contribution in [-0.4, -0.2) is 79.1 Å². The minimum absolute atomic E-state index is 0.568. The quantitative estimate of drug-likeness (QED) is 0.161. The van der Waals surface area contributed by atoms with Gasteiger partial charge < -0.3 is 13.6 Å². The Labute approximate surface area is 741 Å². The van der Waals surface area contributed by atoms with E-state index in [4.69, 9.17) is 34.3 Å². The molecule has 0 spiro atoms. The van der Waals surface area contributed by atoms with Gasteiger partial charge in [-0.3, -0.25) is 26.4 Å². The van der Waals surface area contributed by atoms with E-state index in [1.165, 1.54) is 27.1 Å². The summed E-state index contributed by atoms with van der Waals surface area (Å²) < 4.78 is 30.6. The summed E-state index contributed by atoms with van der Waals surface area (Å²) >= 11 is 0. The number of aryl methyl sites for hydroxylation is 1. The van der Waals surface area contributed by atoms with Gasteiger partial charge in [-0.05, 0) is 225 Å². The van der Waals surface area contributed by atoms with Gasteiger partial charge in [0.05, 0.1) is 162 Å². The van der Waals surface area contributed by atoms with Crippen LogP contribution in [0.5, 0.6) is 0 Å². The van der Waals surface area contributed by atoms with Crippen LogP contribution in [0.25, 0.3) is 228 Å². The molecule has 0 saturated carbocycles. The highest BCUT2D eigenvalue weighted by molar-refractivity contribution is 6.12. The van der Waals surface area contributed by atoms with E-state index in [0.717, 1.165) is 195 Å². The molecule has 0 atom stereocenters. The first-order chi connectivity index (χ1) is 64.8. The molecule has 29 aromatic rings. The number of hydrogen-bond acceptors (Lipinski definition) is 9. The Bertz CT molecular complexity index is 9950. The van der Waals surface area contributed by atoms with E-state index in [1.54, 1.807) is 0 Å². The van der Waals surface area contributed by atoms with Crippen LogP contribution in [0.4, 0.5) is 0 Å².